The molecule has 0 fully saturated rings. The number of carboxylic acid groups (broad SMARTS) is 1. The number of benzene rings is 5. The number of carbonyl (C=O) groups excluding carboxylic acids is 1. The molecule has 14 nitrogen and oxygen atoms in total. The van der Waals surface area contributed by atoms with Gasteiger partial charge in [0.2, 0.25) is 0 Å². The number of rotatable bonds is 7. The first-order valence-electron chi connectivity index (χ1n) is 13.0. The monoisotopic (exact) mass is 667 g/mol. The molecule has 5 aromatic carbocycles. The van der Waals surface area contributed by atoms with Gasteiger partial charge in [-0.3, -0.25) is 0 Å². The Kier molecular flexibility index (Phi) is 10.8. The summed E-state index contributed by atoms with van der Waals surface area (Å²) in [6, 6.07) is 21.0. The molecule has 17 heteroatoms. The van der Waals surface area contributed by atoms with Crippen LogP contribution in [0, 0.1) is 0 Å². The predicted octanol–water partition coefficient (Wildman–Crippen LogP) is -0.517. The van der Waals surface area contributed by atoms with Crippen LogP contribution in [-0.4, -0.2) is 39.1 Å². The summed E-state index contributed by atoms with van der Waals surface area (Å²) in [7, 11) is -5.01. The third-order valence-corrected chi connectivity index (χ3v) is 7.55. The summed E-state index contributed by atoms with van der Waals surface area (Å²) in [6.07, 6.45) is 0. The van der Waals surface area contributed by atoms with Gasteiger partial charge in [0.1, 0.15) is 27.4 Å². The van der Waals surface area contributed by atoms with Crippen molar-refractivity contribution in [3.8, 4) is 22.9 Å². The summed E-state index contributed by atoms with van der Waals surface area (Å²) in [4.78, 5) is 18.1. The maximum Gasteiger partial charge on any atom is 1.00 e. The van der Waals surface area contributed by atoms with Crippen LogP contribution in [0.25, 0.3) is 33.2 Å². The minimum absolute atomic E-state index is 0. The van der Waals surface area contributed by atoms with E-state index in [1.54, 1.807) is 42.5 Å². The van der Waals surface area contributed by atoms with E-state index < -0.39 is 43.7 Å². The average Bonchev–Trinajstić information content (AvgIpc) is 3.43. The number of carbonyl (C=O) groups is 1. The van der Waals surface area contributed by atoms with Crippen LogP contribution in [-0.2, 0) is 10.1 Å². The molecule has 0 radical (unpaired) electrons. The van der Waals surface area contributed by atoms with Gasteiger partial charge in [0, 0.05) is 22.2 Å². The molecular weight excluding hydrogens is 648 g/mol. The fraction of sp³-hybridized carbons (Fsp3) is 0. The molecule has 224 valence electrons. The van der Waals surface area contributed by atoms with Crippen molar-refractivity contribution in [2.75, 3.05) is 5.73 Å². The van der Waals surface area contributed by atoms with Gasteiger partial charge in [0.15, 0.2) is 5.75 Å². The van der Waals surface area contributed by atoms with Crippen molar-refractivity contribution in [1.29, 1.82) is 0 Å². The second kappa shape index (κ2) is 14.3. The van der Waals surface area contributed by atoms with Crippen LogP contribution in [0.5, 0.6) is 11.5 Å². The van der Waals surface area contributed by atoms with Gasteiger partial charge in [0.25, 0.3) is 0 Å². The number of aromatic amines is 1. The Morgan fingerprint density at radius 3 is 2.15 bits per heavy atom. The van der Waals surface area contributed by atoms with Crippen LogP contribution < -0.4 is 70.0 Å². The fourth-order valence-corrected chi connectivity index (χ4v) is 5.15. The summed E-state index contributed by atoms with van der Waals surface area (Å²) in [6.45, 7) is 0. The van der Waals surface area contributed by atoms with Crippen LogP contribution in [0.2, 0.25) is 0 Å². The van der Waals surface area contributed by atoms with E-state index in [2.05, 4.69) is 30.4 Å². The molecule has 0 unspecified atom stereocenters. The van der Waals surface area contributed by atoms with Crippen molar-refractivity contribution >= 4 is 66.3 Å². The largest absolute Gasteiger partial charge is 1.00 e. The first-order chi connectivity index (χ1) is 21.5. The van der Waals surface area contributed by atoms with Crippen LogP contribution in [0.4, 0.5) is 28.4 Å². The van der Waals surface area contributed by atoms with Crippen LogP contribution >= 0.6 is 0 Å². The zero-order chi connectivity index (χ0) is 31.9. The van der Waals surface area contributed by atoms with Crippen LogP contribution in [0.1, 0.15) is 10.4 Å². The molecule has 0 aliphatic carbocycles. The van der Waals surface area contributed by atoms with E-state index in [1.807, 2.05) is 0 Å². The van der Waals surface area contributed by atoms with Gasteiger partial charge in [-0.2, -0.15) is 15.3 Å². The third kappa shape index (κ3) is 7.69. The van der Waals surface area contributed by atoms with Crippen molar-refractivity contribution in [3.63, 3.8) is 0 Å². The van der Waals surface area contributed by atoms with Crippen molar-refractivity contribution in [1.82, 2.24) is 9.97 Å². The molecule has 0 aliphatic heterocycles. The second-order valence-electron chi connectivity index (χ2n) is 9.73. The van der Waals surface area contributed by atoms with E-state index in [9.17, 15) is 33.1 Å². The quantitative estimate of drug-likeness (QED) is 0.0740. The number of nitrogens with zero attached hydrogens (tertiary/aromatic N) is 5. The third-order valence-electron chi connectivity index (χ3n) is 6.70. The molecule has 0 saturated heterocycles. The Hall–Kier alpha value is -4.19. The molecule has 1 heterocycles. The number of nitrogens with two attached hydrogens (primary N) is 1. The Labute approximate surface area is 310 Å². The molecule has 47 heavy (non-hydrogen) atoms. The number of phenols is 2. The number of hydrogen-bond acceptors (Lipinski definition) is 13. The molecule has 6 aromatic rings. The molecule has 0 atom stereocenters. The zero-order valence-corrected chi connectivity index (χ0v) is 29.6. The summed E-state index contributed by atoms with van der Waals surface area (Å²) in [5.74, 6) is -1.99. The van der Waals surface area contributed by atoms with Crippen molar-refractivity contribution < 1.29 is 92.2 Å². The van der Waals surface area contributed by atoms with E-state index in [4.69, 9.17) is 5.73 Å². The summed E-state index contributed by atoms with van der Waals surface area (Å²) < 4.78 is 35.9. The molecular formula is C30H19N7Na2O7S. The number of H-pyrrole nitrogens is 1. The van der Waals surface area contributed by atoms with Gasteiger partial charge in [-0.05, 0) is 84.2 Å². The number of anilines is 1. The smallest absolute Gasteiger partial charge is 0.744 e. The number of azo groups is 2. The van der Waals surface area contributed by atoms with Gasteiger partial charge in [-0.1, -0.05) is 6.07 Å². The van der Waals surface area contributed by atoms with Gasteiger partial charge >= 0.3 is 59.1 Å². The Balaban J connectivity index is 0.00000250. The average molecular weight is 668 g/mol. The topological polar surface area (TPSA) is 242 Å². The molecule has 6 rings (SSSR count). The van der Waals surface area contributed by atoms with Crippen molar-refractivity contribution in [3.05, 3.63) is 90.5 Å². The maximum atomic E-state index is 12.0. The number of nitrogen functional groups attached to an aromatic ring is 1. The number of aromatic hydroxyl groups is 2. The SMILES string of the molecule is Nc1ccc2cc(S(=O)(=O)[O-])c(N=Nc3ccc4nc(-c5ccc(N=Nc6ccc(O)c(C(=O)[O-])c6)cc5)[nH]c4c3)c(O)c2c1.[Na+].[Na+]. The molecule has 0 saturated carbocycles. The fourth-order valence-electron chi connectivity index (χ4n) is 4.50. The first-order valence-corrected chi connectivity index (χ1v) is 14.4. The Bertz CT molecular complexity index is 2330. The number of imidazole rings is 1. The molecule has 0 bridgehead atoms. The number of carboxylic acids is 1. The number of aromatic nitrogens is 2. The Morgan fingerprint density at radius 2 is 1.45 bits per heavy atom. The number of hydrogen-bond donors (Lipinski definition) is 4. The summed E-state index contributed by atoms with van der Waals surface area (Å²) in [5, 5.41) is 48.0. The Morgan fingerprint density at radius 1 is 0.809 bits per heavy atom. The summed E-state index contributed by atoms with van der Waals surface area (Å²) in [5.41, 5.74) is 8.07. The molecule has 5 N–H and O–H groups in total. The molecule has 0 aliphatic rings. The minimum Gasteiger partial charge on any atom is -0.744 e. The van der Waals surface area contributed by atoms with Crippen molar-refractivity contribution in [2.45, 2.75) is 4.90 Å². The van der Waals surface area contributed by atoms with Gasteiger partial charge in [-0.15, -0.1) is 5.11 Å². The summed E-state index contributed by atoms with van der Waals surface area (Å²) >= 11 is 0. The van der Waals surface area contributed by atoms with Crippen LogP contribution in [0.3, 0.4) is 0 Å². The van der Waals surface area contributed by atoms with E-state index in [0.717, 1.165) is 12.1 Å². The van der Waals surface area contributed by atoms with E-state index in [0.29, 0.717) is 39.2 Å². The predicted molar refractivity (Wildman–Crippen MR) is 160 cm³/mol. The van der Waals surface area contributed by atoms with Gasteiger partial charge in [0.05, 0.1) is 39.0 Å². The number of nitrogens with one attached hydrogen (secondary N) is 1. The zero-order valence-electron chi connectivity index (χ0n) is 24.7. The first kappa shape index (κ1) is 35.7. The second-order valence-corrected chi connectivity index (χ2v) is 11.1. The number of aromatic carboxylic acids is 1. The van der Waals surface area contributed by atoms with Gasteiger partial charge in [-0.25, -0.2) is 13.4 Å². The van der Waals surface area contributed by atoms with Gasteiger partial charge < -0.3 is 35.4 Å². The van der Waals surface area contributed by atoms with Crippen molar-refractivity contribution in [2.24, 2.45) is 20.5 Å². The van der Waals surface area contributed by atoms with E-state index >= 15 is 0 Å². The number of phenolic OH excluding ortho intramolecular Hbond substituents is 1. The minimum atomic E-state index is -5.01. The van der Waals surface area contributed by atoms with Crippen LogP contribution in [0.15, 0.2) is 110 Å². The number of fused-ring (bicyclic) bond motifs is 2. The maximum absolute atomic E-state index is 12.0. The molecule has 1 aromatic heterocycles. The van der Waals surface area contributed by atoms with E-state index in [-0.39, 0.29) is 75.9 Å². The molecule has 0 spiro atoms. The normalized spacial score (nSPS) is 11.6. The standard InChI is InChI=1S/C30H21N7O7S.2Na/c31-17-4-1-16-11-26(45(42,43)44)27(28(39)21(16)12-17)37-36-20-7-9-23-24(14-20)33-29(32-23)15-2-5-18(6-3-15)34-35-19-8-10-25(38)22(13-19)30(40)41;;/h1-14,38-39H,31H2,(H,32,33)(H,40,41)(H,42,43,44);;/q;2*+1/p-2. The van der Waals surface area contributed by atoms with E-state index in [1.165, 1.54) is 30.3 Å². The molecule has 0 amide bonds.